The Morgan fingerprint density at radius 1 is 1.20 bits per heavy atom. The van der Waals surface area contributed by atoms with Crippen LogP contribution in [-0.4, -0.2) is 12.5 Å². The first kappa shape index (κ1) is 9.40. The van der Waals surface area contributed by atoms with Crippen molar-refractivity contribution in [2.75, 3.05) is 11.4 Å². The molecule has 0 bridgehead atoms. The molecule has 0 aromatic heterocycles. The van der Waals surface area contributed by atoms with Crippen LogP contribution in [-0.2, 0) is 4.79 Å². The molecule has 78 valence electrons. The molecule has 3 heteroatoms. The van der Waals surface area contributed by atoms with Gasteiger partial charge in [-0.1, -0.05) is 15.9 Å². The van der Waals surface area contributed by atoms with E-state index in [-0.39, 0.29) is 5.91 Å². The summed E-state index contributed by atoms with van der Waals surface area (Å²) in [6.07, 6.45) is 3.21. The average molecular weight is 266 g/mol. The van der Waals surface area contributed by atoms with Gasteiger partial charge in [0.2, 0.25) is 5.91 Å². The number of carbonyl (C=O) groups excluding carboxylic acids is 1. The molecule has 3 rings (SSSR count). The van der Waals surface area contributed by atoms with Gasteiger partial charge in [0.15, 0.2) is 0 Å². The molecule has 1 saturated heterocycles. The second-order valence-corrected chi connectivity index (χ2v) is 5.55. The normalized spacial score (nSPS) is 22.5. The van der Waals surface area contributed by atoms with Gasteiger partial charge < -0.3 is 4.90 Å². The first-order valence-corrected chi connectivity index (χ1v) is 6.04. The fourth-order valence-electron chi connectivity index (χ4n) is 2.26. The average Bonchev–Trinajstić information content (AvgIpc) is 2.87. The summed E-state index contributed by atoms with van der Waals surface area (Å²) >= 11 is 3.40. The van der Waals surface area contributed by atoms with Gasteiger partial charge >= 0.3 is 0 Å². The maximum atomic E-state index is 11.8. The zero-order valence-corrected chi connectivity index (χ0v) is 9.96. The molecule has 1 heterocycles. The van der Waals surface area contributed by atoms with Gasteiger partial charge in [-0.3, -0.25) is 4.79 Å². The van der Waals surface area contributed by atoms with Crippen molar-refractivity contribution in [2.45, 2.75) is 19.3 Å². The third-order valence-electron chi connectivity index (χ3n) is 3.42. The molecule has 1 spiro atoms. The number of halogens is 1. The first-order valence-electron chi connectivity index (χ1n) is 5.25. The van der Waals surface area contributed by atoms with Gasteiger partial charge in [0, 0.05) is 23.1 Å². The van der Waals surface area contributed by atoms with E-state index in [2.05, 4.69) is 15.9 Å². The number of nitrogens with zero attached hydrogens (tertiary/aromatic N) is 1. The highest BCUT2D eigenvalue weighted by Gasteiger charge is 2.51. The third-order valence-corrected chi connectivity index (χ3v) is 3.94. The van der Waals surface area contributed by atoms with Gasteiger partial charge in [-0.15, -0.1) is 0 Å². The summed E-state index contributed by atoms with van der Waals surface area (Å²) in [5.41, 5.74) is 1.39. The highest BCUT2D eigenvalue weighted by molar-refractivity contribution is 9.10. The second kappa shape index (κ2) is 3.08. The summed E-state index contributed by atoms with van der Waals surface area (Å²) in [4.78, 5) is 13.8. The molecule has 1 aromatic carbocycles. The lowest BCUT2D eigenvalue weighted by Gasteiger charge is -2.16. The Bertz CT molecular complexity index is 408. The van der Waals surface area contributed by atoms with E-state index in [1.807, 2.05) is 29.2 Å². The number of carbonyl (C=O) groups is 1. The minimum Gasteiger partial charge on any atom is -0.312 e. The Kier molecular flexibility index (Phi) is 1.93. The number of benzene rings is 1. The summed E-state index contributed by atoms with van der Waals surface area (Å²) in [6, 6.07) is 7.98. The van der Waals surface area contributed by atoms with Crippen molar-refractivity contribution in [1.82, 2.24) is 0 Å². The summed E-state index contributed by atoms with van der Waals surface area (Å²) in [5.74, 6) is 0.287. The third kappa shape index (κ3) is 1.59. The number of rotatable bonds is 1. The minimum atomic E-state index is 0.287. The number of hydrogen-bond donors (Lipinski definition) is 0. The van der Waals surface area contributed by atoms with E-state index in [0.29, 0.717) is 5.41 Å². The number of anilines is 1. The van der Waals surface area contributed by atoms with E-state index in [4.69, 9.17) is 0 Å². The van der Waals surface area contributed by atoms with Crippen LogP contribution in [0.2, 0.25) is 0 Å². The Balaban J connectivity index is 1.88. The Hall–Kier alpha value is -0.830. The Labute approximate surface area is 97.4 Å². The zero-order valence-electron chi connectivity index (χ0n) is 8.37. The summed E-state index contributed by atoms with van der Waals surface area (Å²) < 4.78 is 1.05. The van der Waals surface area contributed by atoms with Crippen LogP contribution in [0.3, 0.4) is 0 Å². The van der Waals surface area contributed by atoms with Gasteiger partial charge in [-0.05, 0) is 42.5 Å². The highest BCUT2D eigenvalue weighted by atomic mass is 79.9. The van der Waals surface area contributed by atoms with Crippen LogP contribution in [0.15, 0.2) is 28.7 Å². The fourth-order valence-corrected chi connectivity index (χ4v) is 2.53. The molecule has 1 saturated carbocycles. The van der Waals surface area contributed by atoms with Gasteiger partial charge in [-0.2, -0.15) is 0 Å². The van der Waals surface area contributed by atoms with Crippen molar-refractivity contribution in [3.8, 4) is 0 Å². The predicted octanol–water partition coefficient (Wildman–Crippen LogP) is 2.97. The lowest BCUT2D eigenvalue weighted by Crippen LogP contribution is -2.24. The Morgan fingerprint density at radius 2 is 1.87 bits per heavy atom. The molecule has 2 aliphatic rings. The van der Waals surface area contributed by atoms with Crippen molar-refractivity contribution in [1.29, 1.82) is 0 Å². The van der Waals surface area contributed by atoms with Crippen molar-refractivity contribution in [3.05, 3.63) is 28.7 Å². The van der Waals surface area contributed by atoms with Gasteiger partial charge in [0.25, 0.3) is 0 Å². The van der Waals surface area contributed by atoms with Crippen molar-refractivity contribution in [2.24, 2.45) is 5.41 Å². The van der Waals surface area contributed by atoms with Crippen molar-refractivity contribution < 1.29 is 4.79 Å². The topological polar surface area (TPSA) is 20.3 Å². The number of amides is 1. The summed E-state index contributed by atoms with van der Waals surface area (Å²) in [7, 11) is 0. The van der Waals surface area contributed by atoms with Crippen LogP contribution < -0.4 is 4.90 Å². The molecule has 1 aromatic rings. The predicted molar refractivity (Wildman–Crippen MR) is 62.8 cm³/mol. The van der Waals surface area contributed by atoms with E-state index < -0.39 is 0 Å². The lowest BCUT2D eigenvalue weighted by atomic mass is 10.1. The van der Waals surface area contributed by atoms with Crippen LogP contribution in [0.25, 0.3) is 0 Å². The molecule has 2 fully saturated rings. The molecule has 0 N–H and O–H groups in total. The molecule has 1 aliphatic heterocycles. The van der Waals surface area contributed by atoms with Gasteiger partial charge in [0.05, 0.1) is 0 Å². The molecule has 15 heavy (non-hydrogen) atoms. The largest absolute Gasteiger partial charge is 0.312 e. The quantitative estimate of drug-likeness (QED) is 0.765. The van der Waals surface area contributed by atoms with E-state index in [0.717, 1.165) is 23.1 Å². The molecule has 1 amide bonds. The van der Waals surface area contributed by atoms with Crippen LogP contribution >= 0.6 is 15.9 Å². The van der Waals surface area contributed by atoms with E-state index >= 15 is 0 Å². The van der Waals surface area contributed by atoms with Gasteiger partial charge in [-0.25, -0.2) is 0 Å². The second-order valence-electron chi connectivity index (χ2n) is 4.63. The van der Waals surface area contributed by atoms with Crippen molar-refractivity contribution in [3.63, 3.8) is 0 Å². The van der Waals surface area contributed by atoms with E-state index in [1.54, 1.807) is 0 Å². The van der Waals surface area contributed by atoms with E-state index in [9.17, 15) is 4.79 Å². The van der Waals surface area contributed by atoms with Crippen LogP contribution in [0.4, 0.5) is 5.69 Å². The maximum Gasteiger partial charge on any atom is 0.227 e. The molecule has 2 nitrogen and oxygen atoms in total. The molecule has 0 atom stereocenters. The molecular formula is C12H12BrNO. The maximum absolute atomic E-state index is 11.8. The first-order chi connectivity index (χ1) is 7.19. The summed E-state index contributed by atoms with van der Waals surface area (Å²) in [5, 5.41) is 0. The molecule has 0 radical (unpaired) electrons. The minimum absolute atomic E-state index is 0.287. The Morgan fingerprint density at radius 3 is 2.40 bits per heavy atom. The molecular weight excluding hydrogens is 254 g/mol. The lowest BCUT2D eigenvalue weighted by molar-refractivity contribution is -0.117. The SMILES string of the molecule is O=C1CC2(CC2)CN1c1ccc(Br)cc1. The molecule has 0 unspecified atom stereocenters. The zero-order chi connectivity index (χ0) is 10.5. The van der Waals surface area contributed by atoms with Crippen LogP contribution in [0, 0.1) is 5.41 Å². The standard InChI is InChI=1S/C12H12BrNO/c13-9-1-3-10(4-2-9)14-8-12(5-6-12)7-11(14)15/h1-4H,5-8H2. The fraction of sp³-hybridized carbons (Fsp3) is 0.417. The van der Waals surface area contributed by atoms with Crippen LogP contribution in [0.5, 0.6) is 0 Å². The van der Waals surface area contributed by atoms with Gasteiger partial charge in [0.1, 0.15) is 0 Å². The summed E-state index contributed by atoms with van der Waals surface area (Å²) in [6.45, 7) is 0.924. The number of hydrogen-bond acceptors (Lipinski definition) is 1. The monoisotopic (exact) mass is 265 g/mol. The van der Waals surface area contributed by atoms with Crippen LogP contribution in [0.1, 0.15) is 19.3 Å². The highest BCUT2D eigenvalue weighted by Crippen LogP contribution is 2.53. The van der Waals surface area contributed by atoms with Crippen molar-refractivity contribution >= 4 is 27.5 Å². The smallest absolute Gasteiger partial charge is 0.227 e. The van der Waals surface area contributed by atoms with E-state index in [1.165, 1.54) is 12.8 Å². The molecule has 1 aliphatic carbocycles.